The van der Waals surface area contributed by atoms with Crippen molar-refractivity contribution in [3.05, 3.63) is 0 Å². The van der Waals surface area contributed by atoms with Crippen LogP contribution in [0.4, 0.5) is 0 Å². The van der Waals surface area contributed by atoms with Crippen LogP contribution >= 0.6 is 11.8 Å². The summed E-state index contributed by atoms with van der Waals surface area (Å²) in [4.78, 5) is 11.5. The van der Waals surface area contributed by atoms with Crippen molar-refractivity contribution in [3.63, 3.8) is 0 Å². The van der Waals surface area contributed by atoms with Gasteiger partial charge in [-0.1, -0.05) is 6.92 Å². The third-order valence-electron chi connectivity index (χ3n) is 2.40. The lowest BCUT2D eigenvalue weighted by Crippen LogP contribution is -2.35. The maximum Gasteiger partial charge on any atom is 0.224 e. The molecule has 0 spiro atoms. The van der Waals surface area contributed by atoms with Gasteiger partial charge in [0.2, 0.25) is 5.91 Å². The highest BCUT2D eigenvalue weighted by Gasteiger charge is 2.21. The Morgan fingerprint density at radius 1 is 1.77 bits per heavy atom. The Morgan fingerprint density at radius 2 is 2.54 bits per heavy atom. The molecule has 2 atom stereocenters. The summed E-state index contributed by atoms with van der Waals surface area (Å²) in [5, 5.41) is 6.68. The summed E-state index contributed by atoms with van der Waals surface area (Å²) in [5.74, 6) is 0.417. The molecule has 0 bridgehead atoms. The summed E-state index contributed by atoms with van der Waals surface area (Å²) in [6.07, 6.45) is 3.05. The molecule has 1 amide bonds. The molecule has 1 saturated heterocycles. The molecule has 0 aliphatic carbocycles. The van der Waals surface area contributed by atoms with Crippen molar-refractivity contribution in [2.24, 2.45) is 5.92 Å². The standard InChI is InChI=1S/C9H18N2OS/c1-7(13-2)5-11-9(12)8-3-4-10-6-8/h7-8,10H,3-6H2,1-2H3,(H,11,12)/t7?,8-/m1/s1. The highest BCUT2D eigenvalue weighted by Crippen LogP contribution is 2.08. The summed E-state index contributed by atoms with van der Waals surface area (Å²) in [5.41, 5.74) is 0. The number of carbonyl (C=O) groups excluding carboxylic acids is 1. The van der Waals surface area contributed by atoms with Crippen LogP contribution in [-0.4, -0.2) is 37.0 Å². The summed E-state index contributed by atoms with van der Waals surface area (Å²) in [6, 6.07) is 0. The highest BCUT2D eigenvalue weighted by molar-refractivity contribution is 7.99. The molecular weight excluding hydrogens is 184 g/mol. The molecule has 1 aliphatic heterocycles. The van der Waals surface area contributed by atoms with Crippen LogP contribution in [-0.2, 0) is 4.79 Å². The van der Waals surface area contributed by atoms with E-state index >= 15 is 0 Å². The first-order valence-corrected chi connectivity index (χ1v) is 6.04. The van der Waals surface area contributed by atoms with Crippen molar-refractivity contribution < 1.29 is 4.79 Å². The van der Waals surface area contributed by atoms with Gasteiger partial charge in [-0.2, -0.15) is 11.8 Å². The average Bonchev–Trinajstić information content (AvgIpc) is 2.66. The van der Waals surface area contributed by atoms with Crippen molar-refractivity contribution >= 4 is 17.7 Å². The van der Waals surface area contributed by atoms with E-state index in [2.05, 4.69) is 23.8 Å². The maximum absolute atomic E-state index is 11.5. The molecule has 4 heteroatoms. The molecule has 0 saturated carbocycles. The minimum atomic E-state index is 0.203. The van der Waals surface area contributed by atoms with E-state index in [4.69, 9.17) is 0 Å². The Bertz CT molecular complexity index is 169. The van der Waals surface area contributed by atoms with Gasteiger partial charge in [-0.15, -0.1) is 0 Å². The van der Waals surface area contributed by atoms with Gasteiger partial charge in [-0.25, -0.2) is 0 Å². The van der Waals surface area contributed by atoms with E-state index in [1.807, 2.05) is 0 Å². The van der Waals surface area contributed by atoms with Gasteiger partial charge in [-0.05, 0) is 19.2 Å². The largest absolute Gasteiger partial charge is 0.355 e. The topological polar surface area (TPSA) is 41.1 Å². The summed E-state index contributed by atoms with van der Waals surface area (Å²) in [7, 11) is 0. The van der Waals surface area contributed by atoms with Crippen molar-refractivity contribution in [2.45, 2.75) is 18.6 Å². The molecule has 1 fully saturated rings. The number of amides is 1. The van der Waals surface area contributed by atoms with Gasteiger partial charge >= 0.3 is 0 Å². The lowest BCUT2D eigenvalue weighted by atomic mass is 10.1. The van der Waals surface area contributed by atoms with Crippen LogP contribution in [0.3, 0.4) is 0 Å². The summed E-state index contributed by atoms with van der Waals surface area (Å²) in [6.45, 7) is 4.74. The first-order chi connectivity index (χ1) is 6.24. The molecule has 1 heterocycles. The second kappa shape index (κ2) is 5.50. The third kappa shape index (κ3) is 3.56. The lowest BCUT2D eigenvalue weighted by Gasteiger charge is -2.12. The Balaban J connectivity index is 2.16. The molecule has 0 aromatic rings. The minimum absolute atomic E-state index is 0.203. The zero-order chi connectivity index (χ0) is 9.68. The van der Waals surface area contributed by atoms with E-state index in [0.29, 0.717) is 5.25 Å². The van der Waals surface area contributed by atoms with E-state index in [1.54, 1.807) is 11.8 Å². The number of rotatable bonds is 4. The molecule has 1 rings (SSSR count). The zero-order valence-electron chi connectivity index (χ0n) is 8.30. The van der Waals surface area contributed by atoms with Crippen molar-refractivity contribution in [1.29, 1.82) is 0 Å². The third-order valence-corrected chi connectivity index (χ3v) is 3.37. The van der Waals surface area contributed by atoms with E-state index in [1.165, 1.54) is 0 Å². The maximum atomic E-state index is 11.5. The Hall–Kier alpha value is -0.220. The Kier molecular flexibility index (Phi) is 4.59. The van der Waals surface area contributed by atoms with E-state index in [0.717, 1.165) is 26.1 Å². The van der Waals surface area contributed by atoms with Crippen LogP contribution in [0.25, 0.3) is 0 Å². The first-order valence-electron chi connectivity index (χ1n) is 4.75. The molecule has 1 unspecified atom stereocenters. The summed E-state index contributed by atoms with van der Waals surface area (Å²) < 4.78 is 0. The monoisotopic (exact) mass is 202 g/mol. The fourth-order valence-corrected chi connectivity index (χ4v) is 1.60. The minimum Gasteiger partial charge on any atom is -0.355 e. The fraction of sp³-hybridized carbons (Fsp3) is 0.889. The first kappa shape index (κ1) is 10.9. The molecular formula is C9H18N2OS. The van der Waals surface area contributed by atoms with Gasteiger partial charge in [0.05, 0.1) is 5.92 Å². The van der Waals surface area contributed by atoms with Gasteiger partial charge in [0.15, 0.2) is 0 Å². The Morgan fingerprint density at radius 3 is 3.08 bits per heavy atom. The quantitative estimate of drug-likeness (QED) is 0.696. The predicted octanol–water partition coefficient (Wildman–Crippen LogP) is 0.464. The number of nitrogens with one attached hydrogen (secondary N) is 2. The SMILES string of the molecule is CSC(C)CNC(=O)[C@@H]1CCNC1. The van der Waals surface area contributed by atoms with Gasteiger partial charge in [0.25, 0.3) is 0 Å². The molecule has 76 valence electrons. The summed E-state index contributed by atoms with van der Waals surface area (Å²) >= 11 is 1.78. The number of carbonyl (C=O) groups is 1. The van der Waals surface area contributed by atoms with Gasteiger partial charge < -0.3 is 10.6 Å². The van der Waals surface area contributed by atoms with Crippen LogP contribution < -0.4 is 10.6 Å². The van der Waals surface area contributed by atoms with Crippen LogP contribution in [0.5, 0.6) is 0 Å². The molecule has 13 heavy (non-hydrogen) atoms. The van der Waals surface area contributed by atoms with Crippen LogP contribution in [0.2, 0.25) is 0 Å². The van der Waals surface area contributed by atoms with E-state index in [-0.39, 0.29) is 11.8 Å². The van der Waals surface area contributed by atoms with Gasteiger partial charge in [0, 0.05) is 18.3 Å². The normalized spacial score (nSPS) is 24.3. The van der Waals surface area contributed by atoms with Crippen molar-refractivity contribution in [3.8, 4) is 0 Å². The molecule has 0 aromatic heterocycles. The van der Waals surface area contributed by atoms with Gasteiger partial charge in [0.1, 0.15) is 0 Å². The van der Waals surface area contributed by atoms with E-state index < -0.39 is 0 Å². The number of thioether (sulfide) groups is 1. The second-order valence-electron chi connectivity index (χ2n) is 3.48. The van der Waals surface area contributed by atoms with Gasteiger partial charge in [-0.3, -0.25) is 4.79 Å². The van der Waals surface area contributed by atoms with Crippen LogP contribution in [0.15, 0.2) is 0 Å². The molecule has 1 aliphatic rings. The zero-order valence-corrected chi connectivity index (χ0v) is 9.12. The highest BCUT2D eigenvalue weighted by atomic mass is 32.2. The van der Waals surface area contributed by atoms with Crippen LogP contribution in [0.1, 0.15) is 13.3 Å². The Labute approximate surface area is 84.0 Å². The second-order valence-corrected chi connectivity index (χ2v) is 4.76. The number of hydrogen-bond acceptors (Lipinski definition) is 3. The smallest absolute Gasteiger partial charge is 0.224 e. The number of hydrogen-bond donors (Lipinski definition) is 2. The fourth-order valence-electron chi connectivity index (χ4n) is 1.35. The molecule has 2 N–H and O–H groups in total. The average molecular weight is 202 g/mol. The molecule has 3 nitrogen and oxygen atoms in total. The lowest BCUT2D eigenvalue weighted by molar-refractivity contribution is -0.124. The van der Waals surface area contributed by atoms with Crippen molar-refractivity contribution in [2.75, 3.05) is 25.9 Å². The van der Waals surface area contributed by atoms with Crippen LogP contribution in [0, 0.1) is 5.92 Å². The molecule has 0 aromatic carbocycles. The van der Waals surface area contributed by atoms with E-state index in [9.17, 15) is 4.79 Å². The van der Waals surface area contributed by atoms with Crippen molar-refractivity contribution in [1.82, 2.24) is 10.6 Å². The predicted molar refractivity (Wildman–Crippen MR) is 57.0 cm³/mol. The molecule has 0 radical (unpaired) electrons.